The number of hydrogen-bond acceptors (Lipinski definition) is 2. The van der Waals surface area contributed by atoms with E-state index in [-0.39, 0.29) is 0 Å². The first kappa shape index (κ1) is 14.3. The highest BCUT2D eigenvalue weighted by Gasteiger charge is 2.26. The van der Waals surface area contributed by atoms with Crippen molar-refractivity contribution in [3.63, 3.8) is 0 Å². The Labute approximate surface area is 114 Å². The molecule has 0 spiro atoms. The van der Waals surface area contributed by atoms with Gasteiger partial charge in [-0.2, -0.15) is 0 Å². The summed E-state index contributed by atoms with van der Waals surface area (Å²) in [6.45, 7) is 11.0. The van der Waals surface area contributed by atoms with Crippen molar-refractivity contribution in [2.75, 3.05) is 19.6 Å². The van der Waals surface area contributed by atoms with Gasteiger partial charge in [0.25, 0.3) is 0 Å². The lowest BCUT2D eigenvalue weighted by molar-refractivity contribution is 0.0967. The van der Waals surface area contributed by atoms with Crippen LogP contribution in [0, 0.1) is 11.8 Å². The van der Waals surface area contributed by atoms with E-state index < -0.39 is 0 Å². The third-order valence-corrected chi connectivity index (χ3v) is 5.06. The fourth-order valence-corrected chi connectivity index (χ4v) is 3.61. The van der Waals surface area contributed by atoms with Crippen LogP contribution in [0.5, 0.6) is 0 Å². The molecule has 1 aliphatic carbocycles. The zero-order valence-corrected chi connectivity index (χ0v) is 12.6. The summed E-state index contributed by atoms with van der Waals surface area (Å²) in [5, 5.41) is 3.48. The van der Waals surface area contributed by atoms with Crippen LogP contribution < -0.4 is 5.32 Å². The van der Waals surface area contributed by atoms with Gasteiger partial charge in [0.2, 0.25) is 0 Å². The third kappa shape index (κ3) is 3.96. The van der Waals surface area contributed by atoms with Crippen molar-refractivity contribution in [2.24, 2.45) is 11.8 Å². The van der Waals surface area contributed by atoms with E-state index in [9.17, 15) is 0 Å². The van der Waals surface area contributed by atoms with E-state index in [1.165, 1.54) is 58.2 Å². The summed E-state index contributed by atoms with van der Waals surface area (Å²) >= 11 is 0. The quantitative estimate of drug-likeness (QED) is 0.780. The van der Waals surface area contributed by atoms with Gasteiger partial charge in [-0.3, -0.25) is 4.90 Å². The van der Waals surface area contributed by atoms with E-state index in [0.717, 1.165) is 17.9 Å². The van der Waals surface area contributed by atoms with Gasteiger partial charge in [-0.15, -0.1) is 0 Å². The summed E-state index contributed by atoms with van der Waals surface area (Å²) in [5.74, 6) is 1.96. The fourth-order valence-electron chi connectivity index (χ4n) is 3.61. The molecule has 0 bridgehead atoms. The summed E-state index contributed by atoms with van der Waals surface area (Å²) < 4.78 is 0. The molecular weight excluding hydrogens is 220 g/mol. The van der Waals surface area contributed by atoms with Crippen LogP contribution in [0.4, 0.5) is 0 Å². The minimum absolute atomic E-state index is 0.704. The van der Waals surface area contributed by atoms with Crippen molar-refractivity contribution in [1.29, 1.82) is 0 Å². The maximum atomic E-state index is 3.48. The maximum Gasteiger partial charge on any atom is 0.00723 e. The molecule has 2 nitrogen and oxygen atoms in total. The van der Waals surface area contributed by atoms with Crippen molar-refractivity contribution in [2.45, 2.75) is 71.4 Å². The van der Waals surface area contributed by atoms with Gasteiger partial charge < -0.3 is 5.32 Å². The Balaban J connectivity index is 1.81. The molecule has 1 saturated heterocycles. The number of hydrogen-bond donors (Lipinski definition) is 1. The predicted molar refractivity (Wildman–Crippen MR) is 78.9 cm³/mol. The lowest BCUT2D eigenvalue weighted by Crippen LogP contribution is -2.45. The molecule has 2 fully saturated rings. The summed E-state index contributed by atoms with van der Waals surface area (Å²) in [6, 6.07) is 1.49. The molecule has 0 aromatic heterocycles. The SMILES string of the molecule is CC(C)N(CC1CCNCC1)C(C)CC1CCC1. The lowest BCUT2D eigenvalue weighted by Gasteiger charge is -2.39. The van der Waals surface area contributed by atoms with Crippen LogP contribution in [0.3, 0.4) is 0 Å². The van der Waals surface area contributed by atoms with Crippen molar-refractivity contribution in [3.05, 3.63) is 0 Å². The molecule has 1 N–H and O–H groups in total. The third-order valence-electron chi connectivity index (χ3n) is 5.06. The van der Waals surface area contributed by atoms with Gasteiger partial charge in [-0.25, -0.2) is 0 Å². The molecule has 0 aromatic carbocycles. The Kier molecular flexibility index (Phi) is 5.50. The highest BCUT2D eigenvalue weighted by Crippen LogP contribution is 2.32. The van der Waals surface area contributed by atoms with E-state index in [1.807, 2.05) is 0 Å². The smallest absolute Gasteiger partial charge is 0.00723 e. The molecule has 1 saturated carbocycles. The second-order valence-electron chi connectivity index (χ2n) is 6.87. The van der Waals surface area contributed by atoms with Gasteiger partial charge in [0.05, 0.1) is 0 Å². The lowest BCUT2D eigenvalue weighted by atomic mass is 9.80. The van der Waals surface area contributed by atoms with Crippen LogP contribution in [-0.4, -0.2) is 36.6 Å². The van der Waals surface area contributed by atoms with Crippen LogP contribution in [0.25, 0.3) is 0 Å². The van der Waals surface area contributed by atoms with Crippen LogP contribution in [0.2, 0.25) is 0 Å². The summed E-state index contributed by atoms with van der Waals surface area (Å²) in [5.41, 5.74) is 0. The van der Waals surface area contributed by atoms with Gasteiger partial charge in [0, 0.05) is 18.6 Å². The number of nitrogens with zero attached hydrogens (tertiary/aromatic N) is 1. The molecule has 1 heterocycles. The fraction of sp³-hybridized carbons (Fsp3) is 1.00. The number of piperidine rings is 1. The molecule has 0 aromatic rings. The minimum Gasteiger partial charge on any atom is -0.317 e. The molecule has 2 aliphatic rings. The monoisotopic (exact) mass is 252 g/mol. The number of nitrogens with one attached hydrogen (secondary N) is 1. The Morgan fingerprint density at radius 1 is 1.00 bits per heavy atom. The topological polar surface area (TPSA) is 15.3 Å². The van der Waals surface area contributed by atoms with Crippen molar-refractivity contribution in [1.82, 2.24) is 10.2 Å². The first-order valence-corrected chi connectivity index (χ1v) is 8.13. The molecular formula is C16H32N2. The highest BCUT2D eigenvalue weighted by molar-refractivity contribution is 4.81. The maximum absolute atomic E-state index is 3.48. The highest BCUT2D eigenvalue weighted by atomic mass is 15.2. The van der Waals surface area contributed by atoms with Crippen LogP contribution in [0.15, 0.2) is 0 Å². The van der Waals surface area contributed by atoms with Crippen LogP contribution in [-0.2, 0) is 0 Å². The van der Waals surface area contributed by atoms with Gasteiger partial charge in [0.15, 0.2) is 0 Å². The molecule has 0 radical (unpaired) electrons. The Morgan fingerprint density at radius 3 is 2.17 bits per heavy atom. The molecule has 1 unspecified atom stereocenters. The van der Waals surface area contributed by atoms with Crippen molar-refractivity contribution < 1.29 is 0 Å². The van der Waals surface area contributed by atoms with E-state index in [2.05, 4.69) is 31.0 Å². The first-order valence-electron chi connectivity index (χ1n) is 8.13. The van der Waals surface area contributed by atoms with E-state index in [0.29, 0.717) is 6.04 Å². The van der Waals surface area contributed by atoms with Gasteiger partial charge in [0.1, 0.15) is 0 Å². The van der Waals surface area contributed by atoms with Gasteiger partial charge >= 0.3 is 0 Å². The zero-order chi connectivity index (χ0) is 13.0. The standard InChI is InChI=1S/C16H32N2/c1-13(2)18(12-16-7-9-17-10-8-16)14(3)11-15-5-4-6-15/h13-17H,4-12H2,1-3H3. The number of rotatable bonds is 6. The molecule has 2 rings (SSSR count). The minimum atomic E-state index is 0.704. The second kappa shape index (κ2) is 6.91. The first-order chi connectivity index (χ1) is 8.66. The summed E-state index contributed by atoms with van der Waals surface area (Å²) in [4.78, 5) is 2.77. The van der Waals surface area contributed by atoms with Crippen molar-refractivity contribution in [3.8, 4) is 0 Å². The second-order valence-corrected chi connectivity index (χ2v) is 6.87. The molecule has 2 heteroatoms. The summed E-state index contributed by atoms with van der Waals surface area (Å²) in [7, 11) is 0. The Morgan fingerprint density at radius 2 is 1.67 bits per heavy atom. The van der Waals surface area contributed by atoms with Gasteiger partial charge in [-0.1, -0.05) is 19.3 Å². The summed E-state index contributed by atoms with van der Waals surface area (Å²) in [6.07, 6.45) is 8.64. The molecule has 18 heavy (non-hydrogen) atoms. The van der Waals surface area contributed by atoms with E-state index >= 15 is 0 Å². The van der Waals surface area contributed by atoms with Crippen LogP contribution >= 0.6 is 0 Å². The average Bonchev–Trinajstić information content (AvgIpc) is 2.31. The molecule has 1 atom stereocenters. The molecule has 1 aliphatic heterocycles. The normalized spacial score (nSPS) is 24.5. The predicted octanol–water partition coefficient (Wildman–Crippen LogP) is 3.28. The van der Waals surface area contributed by atoms with E-state index in [4.69, 9.17) is 0 Å². The Bertz CT molecular complexity index is 229. The van der Waals surface area contributed by atoms with Crippen LogP contribution in [0.1, 0.15) is 59.3 Å². The average molecular weight is 252 g/mol. The largest absolute Gasteiger partial charge is 0.317 e. The van der Waals surface area contributed by atoms with Crippen molar-refractivity contribution >= 4 is 0 Å². The van der Waals surface area contributed by atoms with Gasteiger partial charge in [-0.05, 0) is 65.0 Å². The molecule has 106 valence electrons. The Hall–Kier alpha value is -0.0800. The van der Waals surface area contributed by atoms with E-state index in [1.54, 1.807) is 0 Å². The zero-order valence-electron chi connectivity index (χ0n) is 12.6. The molecule has 0 amide bonds.